The summed E-state index contributed by atoms with van der Waals surface area (Å²) in [5.74, 6) is 0.0818. The summed E-state index contributed by atoms with van der Waals surface area (Å²) in [7, 11) is 0. The fraction of sp³-hybridized carbons (Fsp3) is 0.125. The van der Waals surface area contributed by atoms with Crippen molar-refractivity contribution < 1.29 is 15.1 Å². The van der Waals surface area contributed by atoms with Crippen LogP contribution in [0.2, 0.25) is 0 Å². The quantitative estimate of drug-likeness (QED) is 0.369. The number of aromatic hydroxyl groups is 2. The Bertz CT molecular complexity index is 757. The molecule has 0 saturated heterocycles. The SMILES string of the molecule is O=[N+]([O-])c1ccc(O)c(C=NCCN=Cc2ccccc2O)c1. The zero-order chi connectivity index (χ0) is 16.7. The van der Waals surface area contributed by atoms with E-state index >= 15 is 0 Å². The predicted molar refractivity (Wildman–Crippen MR) is 87.8 cm³/mol. The third kappa shape index (κ3) is 4.63. The lowest BCUT2D eigenvalue weighted by Crippen LogP contribution is -1.93. The van der Waals surface area contributed by atoms with E-state index in [4.69, 9.17) is 0 Å². The maximum atomic E-state index is 10.7. The van der Waals surface area contributed by atoms with Crippen LogP contribution >= 0.6 is 0 Å². The van der Waals surface area contributed by atoms with Gasteiger partial charge < -0.3 is 10.2 Å². The molecule has 0 aliphatic rings. The Morgan fingerprint density at radius 1 is 0.957 bits per heavy atom. The standard InChI is InChI=1S/C16H15N3O4/c20-15-4-2-1-3-12(15)10-17-7-8-18-11-13-9-14(19(22)23)5-6-16(13)21/h1-6,9-11,20-21H,7-8H2. The molecule has 7 heteroatoms. The van der Waals surface area contributed by atoms with E-state index in [0.717, 1.165) is 0 Å². The van der Waals surface area contributed by atoms with Crippen LogP contribution in [0, 0.1) is 10.1 Å². The van der Waals surface area contributed by atoms with E-state index in [1.807, 2.05) is 0 Å². The van der Waals surface area contributed by atoms with Crippen LogP contribution in [0.3, 0.4) is 0 Å². The molecule has 0 aliphatic heterocycles. The molecule has 0 spiro atoms. The molecule has 0 aromatic heterocycles. The van der Waals surface area contributed by atoms with E-state index in [1.54, 1.807) is 30.5 Å². The highest BCUT2D eigenvalue weighted by Crippen LogP contribution is 2.21. The minimum absolute atomic E-state index is 0.0722. The van der Waals surface area contributed by atoms with Gasteiger partial charge in [-0.1, -0.05) is 12.1 Å². The molecule has 2 rings (SSSR count). The summed E-state index contributed by atoms with van der Waals surface area (Å²) in [5, 5.41) is 29.9. The number of nitrogens with zero attached hydrogens (tertiary/aromatic N) is 3. The Labute approximate surface area is 132 Å². The average Bonchev–Trinajstić information content (AvgIpc) is 2.53. The Kier molecular flexibility index (Phi) is 5.40. The molecule has 2 aromatic rings. The third-order valence-electron chi connectivity index (χ3n) is 2.98. The van der Waals surface area contributed by atoms with Crippen LogP contribution in [0.4, 0.5) is 5.69 Å². The summed E-state index contributed by atoms with van der Waals surface area (Å²) in [6.45, 7) is 0.743. The Balaban J connectivity index is 1.91. The molecule has 0 radical (unpaired) electrons. The number of phenolic OH excluding ortho intramolecular Hbond substituents is 2. The monoisotopic (exact) mass is 313 g/mol. The minimum atomic E-state index is -0.534. The van der Waals surface area contributed by atoms with Gasteiger partial charge in [-0.2, -0.15) is 0 Å². The lowest BCUT2D eigenvalue weighted by Gasteiger charge is -1.98. The number of phenols is 2. The average molecular weight is 313 g/mol. The van der Waals surface area contributed by atoms with Crippen LogP contribution in [-0.2, 0) is 0 Å². The molecule has 0 amide bonds. The van der Waals surface area contributed by atoms with Crippen LogP contribution in [0.5, 0.6) is 11.5 Å². The van der Waals surface area contributed by atoms with E-state index in [9.17, 15) is 20.3 Å². The molecule has 118 valence electrons. The maximum absolute atomic E-state index is 10.7. The molecular weight excluding hydrogens is 298 g/mol. The van der Waals surface area contributed by atoms with Crippen molar-refractivity contribution in [2.45, 2.75) is 0 Å². The predicted octanol–water partition coefficient (Wildman–Crippen LogP) is 2.54. The van der Waals surface area contributed by atoms with Gasteiger partial charge in [0.15, 0.2) is 0 Å². The first-order chi connectivity index (χ1) is 11.1. The van der Waals surface area contributed by atoms with Gasteiger partial charge in [-0.25, -0.2) is 0 Å². The molecule has 0 saturated carbocycles. The van der Waals surface area contributed by atoms with Gasteiger partial charge in [-0.3, -0.25) is 20.1 Å². The number of nitro benzene ring substituents is 1. The van der Waals surface area contributed by atoms with Crippen LogP contribution in [0.15, 0.2) is 52.4 Å². The van der Waals surface area contributed by atoms with Crippen molar-refractivity contribution in [2.24, 2.45) is 9.98 Å². The van der Waals surface area contributed by atoms with Crippen LogP contribution in [0.1, 0.15) is 11.1 Å². The van der Waals surface area contributed by atoms with E-state index in [2.05, 4.69) is 9.98 Å². The molecule has 2 N–H and O–H groups in total. The van der Waals surface area contributed by atoms with Gasteiger partial charge in [0.25, 0.3) is 5.69 Å². The molecule has 0 bridgehead atoms. The number of rotatable bonds is 6. The van der Waals surface area contributed by atoms with Gasteiger partial charge in [0, 0.05) is 35.7 Å². The van der Waals surface area contributed by atoms with E-state index in [1.165, 1.54) is 24.4 Å². The molecule has 2 aromatic carbocycles. The topological polar surface area (TPSA) is 108 Å². The van der Waals surface area contributed by atoms with Gasteiger partial charge in [0.05, 0.1) is 18.0 Å². The highest BCUT2D eigenvalue weighted by Gasteiger charge is 2.08. The Morgan fingerprint density at radius 3 is 2.22 bits per heavy atom. The van der Waals surface area contributed by atoms with Crippen molar-refractivity contribution in [2.75, 3.05) is 13.1 Å². The lowest BCUT2D eigenvalue weighted by atomic mass is 10.2. The zero-order valence-corrected chi connectivity index (χ0v) is 12.2. The minimum Gasteiger partial charge on any atom is -0.507 e. The number of nitro groups is 1. The van der Waals surface area contributed by atoms with E-state index in [0.29, 0.717) is 18.7 Å². The van der Waals surface area contributed by atoms with Crippen molar-refractivity contribution in [1.29, 1.82) is 0 Å². The molecule has 0 atom stereocenters. The second-order valence-corrected chi connectivity index (χ2v) is 4.63. The smallest absolute Gasteiger partial charge is 0.270 e. The second-order valence-electron chi connectivity index (χ2n) is 4.63. The first kappa shape index (κ1) is 16.2. The Morgan fingerprint density at radius 2 is 1.57 bits per heavy atom. The van der Waals surface area contributed by atoms with Gasteiger partial charge in [-0.15, -0.1) is 0 Å². The number of non-ortho nitro benzene ring substituents is 1. The zero-order valence-electron chi connectivity index (χ0n) is 12.2. The summed E-state index contributed by atoms with van der Waals surface area (Å²) in [6.07, 6.45) is 2.92. The fourth-order valence-electron chi connectivity index (χ4n) is 1.80. The van der Waals surface area contributed by atoms with Crippen molar-refractivity contribution in [1.82, 2.24) is 0 Å². The molecule has 0 fully saturated rings. The highest BCUT2D eigenvalue weighted by molar-refractivity contribution is 5.84. The van der Waals surface area contributed by atoms with E-state index in [-0.39, 0.29) is 22.7 Å². The van der Waals surface area contributed by atoms with Crippen molar-refractivity contribution >= 4 is 18.1 Å². The fourth-order valence-corrected chi connectivity index (χ4v) is 1.80. The highest BCUT2D eigenvalue weighted by atomic mass is 16.6. The van der Waals surface area contributed by atoms with Gasteiger partial charge in [0.1, 0.15) is 11.5 Å². The number of aliphatic imine (C=N–C) groups is 2. The summed E-state index contributed by atoms with van der Waals surface area (Å²) in [4.78, 5) is 18.4. The largest absolute Gasteiger partial charge is 0.507 e. The number of hydrogen-bond acceptors (Lipinski definition) is 6. The van der Waals surface area contributed by atoms with E-state index < -0.39 is 4.92 Å². The van der Waals surface area contributed by atoms with Gasteiger partial charge in [0.2, 0.25) is 0 Å². The summed E-state index contributed by atoms with van der Waals surface area (Å²) < 4.78 is 0. The maximum Gasteiger partial charge on any atom is 0.270 e. The molecular formula is C16H15N3O4. The number of para-hydroxylation sites is 1. The van der Waals surface area contributed by atoms with Crippen LogP contribution in [0.25, 0.3) is 0 Å². The van der Waals surface area contributed by atoms with Crippen LogP contribution < -0.4 is 0 Å². The number of hydrogen-bond donors (Lipinski definition) is 2. The molecule has 0 unspecified atom stereocenters. The first-order valence-electron chi connectivity index (χ1n) is 6.83. The van der Waals surface area contributed by atoms with Crippen molar-refractivity contribution in [3.63, 3.8) is 0 Å². The van der Waals surface area contributed by atoms with Crippen molar-refractivity contribution in [3.8, 4) is 11.5 Å². The Hall–Kier alpha value is -3.22. The normalized spacial score (nSPS) is 11.3. The summed E-state index contributed by atoms with van der Waals surface area (Å²) >= 11 is 0. The van der Waals surface area contributed by atoms with Gasteiger partial charge >= 0.3 is 0 Å². The summed E-state index contributed by atoms with van der Waals surface area (Å²) in [5.41, 5.74) is 0.790. The number of benzene rings is 2. The molecule has 0 aliphatic carbocycles. The van der Waals surface area contributed by atoms with Gasteiger partial charge in [-0.05, 0) is 18.2 Å². The first-order valence-corrected chi connectivity index (χ1v) is 6.83. The van der Waals surface area contributed by atoms with Crippen LogP contribution in [-0.4, -0.2) is 40.7 Å². The second kappa shape index (κ2) is 7.69. The summed E-state index contributed by atoms with van der Waals surface area (Å²) in [6, 6.07) is 10.6. The van der Waals surface area contributed by atoms with Crippen molar-refractivity contribution in [3.05, 3.63) is 63.7 Å². The molecule has 7 nitrogen and oxygen atoms in total. The lowest BCUT2D eigenvalue weighted by molar-refractivity contribution is -0.384. The molecule has 23 heavy (non-hydrogen) atoms. The third-order valence-corrected chi connectivity index (χ3v) is 2.98. The molecule has 0 heterocycles.